The first-order valence-corrected chi connectivity index (χ1v) is 3.24. The lowest BCUT2D eigenvalue weighted by Gasteiger charge is -1.91. The molecule has 1 atom stereocenters. The van der Waals surface area contributed by atoms with Gasteiger partial charge >= 0.3 is 0 Å². The SMILES string of the molecule is OC1CCCS1.S. The van der Waals surface area contributed by atoms with E-state index in [-0.39, 0.29) is 18.9 Å². The van der Waals surface area contributed by atoms with Crippen molar-refractivity contribution >= 4 is 25.3 Å². The van der Waals surface area contributed by atoms with Crippen LogP contribution in [0.1, 0.15) is 12.8 Å². The summed E-state index contributed by atoms with van der Waals surface area (Å²) in [5, 5.41) is 8.69. The van der Waals surface area contributed by atoms with Crippen LogP contribution < -0.4 is 0 Å². The second kappa shape index (κ2) is 3.64. The van der Waals surface area contributed by atoms with Crippen molar-refractivity contribution in [2.45, 2.75) is 18.3 Å². The van der Waals surface area contributed by atoms with Crippen LogP contribution in [0.15, 0.2) is 0 Å². The minimum Gasteiger partial charge on any atom is -0.382 e. The molecule has 3 heteroatoms. The first-order valence-electron chi connectivity index (χ1n) is 2.19. The summed E-state index contributed by atoms with van der Waals surface area (Å²) < 4.78 is 0. The largest absolute Gasteiger partial charge is 0.382 e. The van der Waals surface area contributed by atoms with Crippen molar-refractivity contribution in [3.63, 3.8) is 0 Å². The van der Waals surface area contributed by atoms with Crippen LogP contribution in [0.3, 0.4) is 0 Å². The highest BCUT2D eigenvalue weighted by Crippen LogP contribution is 2.22. The van der Waals surface area contributed by atoms with Gasteiger partial charge in [-0.3, -0.25) is 0 Å². The fourth-order valence-corrected chi connectivity index (χ4v) is 1.50. The molecule has 1 saturated heterocycles. The quantitative estimate of drug-likeness (QED) is 0.537. The van der Waals surface area contributed by atoms with Gasteiger partial charge in [0.25, 0.3) is 0 Å². The van der Waals surface area contributed by atoms with Crippen LogP contribution in [0.2, 0.25) is 0 Å². The van der Waals surface area contributed by atoms with Crippen molar-refractivity contribution in [2.75, 3.05) is 5.75 Å². The lowest BCUT2D eigenvalue weighted by atomic mass is 10.4. The molecular formula is C4H10OS2. The number of hydrogen-bond donors (Lipinski definition) is 1. The van der Waals surface area contributed by atoms with Gasteiger partial charge in [0.05, 0.1) is 5.44 Å². The maximum absolute atomic E-state index is 8.69. The van der Waals surface area contributed by atoms with Crippen molar-refractivity contribution in [1.29, 1.82) is 0 Å². The molecule has 44 valence electrons. The summed E-state index contributed by atoms with van der Waals surface area (Å²) in [6.45, 7) is 0. The molecule has 0 aromatic rings. The molecule has 0 amide bonds. The van der Waals surface area contributed by atoms with E-state index in [1.54, 1.807) is 11.8 Å². The van der Waals surface area contributed by atoms with E-state index in [0.717, 1.165) is 12.2 Å². The normalized spacial score (nSPS) is 29.6. The Morgan fingerprint density at radius 1 is 1.57 bits per heavy atom. The zero-order valence-corrected chi connectivity index (χ0v) is 5.87. The predicted molar refractivity (Wildman–Crippen MR) is 38.1 cm³/mol. The first-order chi connectivity index (χ1) is 2.89. The molecule has 0 aromatic heterocycles. The second-order valence-corrected chi connectivity index (χ2v) is 2.75. The molecule has 1 aliphatic rings. The molecule has 1 aliphatic heterocycles. The zero-order valence-electron chi connectivity index (χ0n) is 4.05. The van der Waals surface area contributed by atoms with Crippen LogP contribution >= 0.6 is 25.3 Å². The van der Waals surface area contributed by atoms with Gasteiger partial charge in [-0.15, -0.1) is 11.8 Å². The maximum atomic E-state index is 8.69. The topological polar surface area (TPSA) is 20.2 Å². The smallest absolute Gasteiger partial charge is 0.0993 e. The van der Waals surface area contributed by atoms with E-state index in [1.165, 1.54) is 6.42 Å². The fourth-order valence-electron chi connectivity index (χ4n) is 0.561. The molecular weight excluding hydrogens is 128 g/mol. The lowest BCUT2D eigenvalue weighted by Crippen LogP contribution is -1.88. The summed E-state index contributed by atoms with van der Waals surface area (Å²) in [4.78, 5) is 0. The highest BCUT2D eigenvalue weighted by atomic mass is 32.2. The van der Waals surface area contributed by atoms with Crippen LogP contribution in [0, 0.1) is 0 Å². The van der Waals surface area contributed by atoms with Crippen molar-refractivity contribution in [2.24, 2.45) is 0 Å². The van der Waals surface area contributed by atoms with Gasteiger partial charge in [-0.2, -0.15) is 13.5 Å². The molecule has 0 radical (unpaired) electrons. The van der Waals surface area contributed by atoms with Gasteiger partial charge in [-0.25, -0.2) is 0 Å². The fraction of sp³-hybridized carbons (Fsp3) is 1.00. The Labute approximate surface area is 54.9 Å². The molecule has 0 saturated carbocycles. The van der Waals surface area contributed by atoms with E-state index in [1.807, 2.05) is 0 Å². The molecule has 1 N–H and O–H groups in total. The number of aliphatic hydroxyl groups is 1. The maximum Gasteiger partial charge on any atom is 0.0993 e. The lowest BCUT2D eigenvalue weighted by molar-refractivity contribution is 0.260. The van der Waals surface area contributed by atoms with Gasteiger partial charge in [0.1, 0.15) is 0 Å². The van der Waals surface area contributed by atoms with Crippen LogP contribution in [0.25, 0.3) is 0 Å². The number of rotatable bonds is 0. The van der Waals surface area contributed by atoms with Crippen molar-refractivity contribution in [3.8, 4) is 0 Å². The molecule has 1 fully saturated rings. The van der Waals surface area contributed by atoms with E-state index in [0.29, 0.717) is 0 Å². The molecule has 1 nitrogen and oxygen atoms in total. The van der Waals surface area contributed by atoms with Gasteiger partial charge in [-0.1, -0.05) is 0 Å². The summed E-state index contributed by atoms with van der Waals surface area (Å²) in [5.74, 6) is 1.15. The highest BCUT2D eigenvalue weighted by molar-refractivity contribution is 7.99. The summed E-state index contributed by atoms with van der Waals surface area (Å²) in [5.41, 5.74) is -0.0370. The van der Waals surface area contributed by atoms with Gasteiger partial charge in [0.2, 0.25) is 0 Å². The first kappa shape index (κ1) is 7.66. The number of aliphatic hydroxyl groups excluding tert-OH is 1. The predicted octanol–water partition coefficient (Wildman–Crippen LogP) is 0.945. The van der Waals surface area contributed by atoms with Crippen molar-refractivity contribution in [1.82, 2.24) is 0 Å². The van der Waals surface area contributed by atoms with Gasteiger partial charge in [0, 0.05) is 0 Å². The molecule has 1 unspecified atom stereocenters. The number of hydrogen-bond acceptors (Lipinski definition) is 2. The molecule has 0 bridgehead atoms. The standard InChI is InChI=1S/C4H8OS.H2S/c5-4-2-1-3-6-4;/h4-5H,1-3H2;1H2. The Morgan fingerprint density at radius 2 is 2.29 bits per heavy atom. The summed E-state index contributed by atoms with van der Waals surface area (Å²) in [6, 6.07) is 0. The third-order valence-electron chi connectivity index (χ3n) is 0.906. The molecule has 1 rings (SSSR count). The summed E-state index contributed by atoms with van der Waals surface area (Å²) >= 11 is 1.65. The average Bonchev–Trinajstić information content (AvgIpc) is 1.86. The van der Waals surface area contributed by atoms with Crippen molar-refractivity contribution < 1.29 is 5.11 Å². The third-order valence-corrected chi connectivity index (χ3v) is 2.05. The minimum absolute atomic E-state index is 0. The summed E-state index contributed by atoms with van der Waals surface area (Å²) in [6.07, 6.45) is 2.20. The van der Waals surface area contributed by atoms with E-state index in [9.17, 15) is 0 Å². The highest BCUT2D eigenvalue weighted by Gasteiger charge is 2.09. The Balaban J connectivity index is 0.000000360. The van der Waals surface area contributed by atoms with E-state index < -0.39 is 0 Å². The monoisotopic (exact) mass is 138 g/mol. The Hall–Kier alpha value is 0.660. The Morgan fingerprint density at radius 3 is 2.43 bits per heavy atom. The zero-order chi connectivity index (χ0) is 4.41. The minimum atomic E-state index is -0.0370. The van der Waals surface area contributed by atoms with E-state index >= 15 is 0 Å². The molecule has 7 heavy (non-hydrogen) atoms. The molecule has 0 aromatic carbocycles. The second-order valence-electron chi connectivity index (χ2n) is 1.47. The number of thioether (sulfide) groups is 1. The molecule has 0 spiro atoms. The van der Waals surface area contributed by atoms with E-state index in [2.05, 4.69) is 0 Å². The molecule has 0 aliphatic carbocycles. The Bertz CT molecular complexity index is 43.0. The molecule has 1 heterocycles. The van der Waals surface area contributed by atoms with Gasteiger partial charge in [0.15, 0.2) is 0 Å². The third kappa shape index (κ3) is 2.46. The van der Waals surface area contributed by atoms with Gasteiger partial charge in [-0.05, 0) is 18.6 Å². The summed E-state index contributed by atoms with van der Waals surface area (Å²) in [7, 11) is 0. The van der Waals surface area contributed by atoms with Crippen LogP contribution in [-0.2, 0) is 0 Å². The average molecular weight is 138 g/mol. The van der Waals surface area contributed by atoms with Crippen molar-refractivity contribution in [3.05, 3.63) is 0 Å². The Kier molecular flexibility index (Phi) is 3.98. The van der Waals surface area contributed by atoms with E-state index in [4.69, 9.17) is 5.11 Å². The van der Waals surface area contributed by atoms with Crippen LogP contribution in [-0.4, -0.2) is 16.3 Å². The van der Waals surface area contributed by atoms with Gasteiger partial charge < -0.3 is 5.11 Å². The van der Waals surface area contributed by atoms with Crippen LogP contribution in [0.5, 0.6) is 0 Å². The van der Waals surface area contributed by atoms with Crippen LogP contribution in [0.4, 0.5) is 0 Å².